The first-order valence-corrected chi connectivity index (χ1v) is 20.2. The number of benzene rings is 7. The zero-order valence-corrected chi connectivity index (χ0v) is 33.5. The van der Waals surface area contributed by atoms with Crippen LogP contribution in [0.2, 0.25) is 0 Å². The molecular formula is C52H48N2O4. The van der Waals surface area contributed by atoms with E-state index in [1.54, 1.807) is 12.1 Å². The molecule has 0 spiro atoms. The van der Waals surface area contributed by atoms with Gasteiger partial charge in [-0.3, -0.25) is 0 Å². The van der Waals surface area contributed by atoms with E-state index in [9.17, 15) is 4.79 Å². The highest BCUT2D eigenvalue weighted by atomic mass is 16.6. The molecule has 6 nitrogen and oxygen atoms in total. The molecule has 6 heteroatoms. The Morgan fingerprint density at radius 2 is 1.00 bits per heavy atom. The van der Waals surface area contributed by atoms with E-state index in [4.69, 9.17) is 14.2 Å². The maximum Gasteiger partial charge on any atom is 0.335 e. The number of hydrogen-bond donors (Lipinski definition) is 0. The molecule has 7 aromatic rings. The molecule has 5 unspecified atom stereocenters. The van der Waals surface area contributed by atoms with Gasteiger partial charge in [0, 0.05) is 54.8 Å². The Morgan fingerprint density at radius 3 is 1.36 bits per heavy atom. The average molecular weight is 765 g/mol. The topological polar surface area (TPSA) is 54.5 Å². The van der Waals surface area contributed by atoms with Crippen molar-refractivity contribution in [1.82, 2.24) is 0 Å². The Labute approximate surface area is 340 Å². The van der Waals surface area contributed by atoms with E-state index in [1.807, 2.05) is 19.2 Å². The Kier molecular flexibility index (Phi) is 9.96. The number of anilines is 4. The van der Waals surface area contributed by atoms with E-state index in [0.29, 0.717) is 11.9 Å². The van der Waals surface area contributed by atoms with Crippen LogP contribution in [0, 0.1) is 0 Å². The average Bonchev–Trinajstić information content (AvgIpc) is 3.96. The molecule has 1 saturated carbocycles. The zero-order chi connectivity index (χ0) is 39.9. The molecule has 58 heavy (non-hydrogen) atoms. The van der Waals surface area contributed by atoms with E-state index in [2.05, 4.69) is 159 Å². The molecule has 0 amide bonds. The first kappa shape index (κ1) is 37.2. The highest BCUT2D eigenvalue weighted by Gasteiger charge is 2.51. The van der Waals surface area contributed by atoms with Crippen molar-refractivity contribution in [1.29, 1.82) is 0 Å². The molecule has 1 heterocycles. The molecule has 1 aliphatic heterocycles. The normalized spacial score (nSPS) is 18.0. The third-order valence-corrected chi connectivity index (χ3v) is 12.3. The molecular weight excluding hydrogens is 717 g/mol. The van der Waals surface area contributed by atoms with Gasteiger partial charge in [0.1, 0.15) is 23.7 Å². The fourth-order valence-corrected chi connectivity index (χ4v) is 8.89. The summed E-state index contributed by atoms with van der Waals surface area (Å²) < 4.78 is 17.2. The van der Waals surface area contributed by atoms with Gasteiger partial charge in [-0.2, -0.15) is 0 Å². The first-order valence-electron chi connectivity index (χ1n) is 20.2. The summed E-state index contributed by atoms with van der Waals surface area (Å²) in [5.74, 6) is 1.23. The molecule has 0 aromatic heterocycles. The van der Waals surface area contributed by atoms with E-state index in [1.165, 1.54) is 43.8 Å². The first-order chi connectivity index (χ1) is 28.3. The standard InChI is InChI=1S/C52H48N2O4/c1-6-49(55)57-42-29-25-40(26-30-42)54(5)38-21-17-36(18-22-38)34(3)51-45-13-9-7-11-43(45)50(44-12-8-10-14-46(44)51)33(2)35-15-19-37(20-16-35)53(4)39-23-27-41(28-24-39)56-47-31-32-48-52(47)58-48/h6-30,33-34,47-48,52H,1,31-32H2,2-5H3. The highest BCUT2D eigenvalue weighted by molar-refractivity contribution is 6.07. The lowest BCUT2D eigenvalue weighted by Gasteiger charge is -2.25. The monoisotopic (exact) mass is 764 g/mol. The fourth-order valence-electron chi connectivity index (χ4n) is 8.89. The van der Waals surface area contributed by atoms with Crippen molar-refractivity contribution in [3.63, 3.8) is 0 Å². The van der Waals surface area contributed by atoms with Crippen LogP contribution in [0.15, 0.2) is 158 Å². The summed E-state index contributed by atoms with van der Waals surface area (Å²) in [6.45, 7) is 8.13. The van der Waals surface area contributed by atoms with Crippen LogP contribution in [0.1, 0.15) is 60.8 Å². The molecule has 5 atom stereocenters. The number of rotatable bonds is 12. The molecule has 290 valence electrons. The number of epoxide rings is 1. The lowest BCUT2D eigenvalue weighted by molar-refractivity contribution is -0.128. The maximum absolute atomic E-state index is 11.6. The van der Waals surface area contributed by atoms with Gasteiger partial charge in [-0.1, -0.05) is 93.2 Å². The number of ether oxygens (including phenoxy) is 3. The van der Waals surface area contributed by atoms with Gasteiger partial charge in [-0.15, -0.1) is 0 Å². The number of fused-ring (bicyclic) bond motifs is 3. The number of carbonyl (C=O) groups excluding carboxylic acids is 1. The Bertz CT molecular complexity index is 2540. The van der Waals surface area contributed by atoms with Crippen LogP contribution in [0.4, 0.5) is 22.7 Å². The summed E-state index contributed by atoms with van der Waals surface area (Å²) in [4.78, 5) is 16.0. The maximum atomic E-state index is 11.6. The van der Waals surface area contributed by atoms with Crippen LogP contribution >= 0.6 is 0 Å². The molecule has 7 aromatic carbocycles. The van der Waals surface area contributed by atoms with Gasteiger partial charge in [0.15, 0.2) is 0 Å². The molecule has 2 aliphatic rings. The fraction of sp³-hybridized carbons (Fsp3) is 0.212. The zero-order valence-electron chi connectivity index (χ0n) is 33.5. The van der Waals surface area contributed by atoms with Crippen LogP contribution in [0.25, 0.3) is 21.5 Å². The second kappa shape index (κ2) is 15.5. The number of esters is 1. The van der Waals surface area contributed by atoms with Crippen molar-refractivity contribution in [2.24, 2.45) is 0 Å². The Balaban J connectivity index is 0.967. The lowest BCUT2D eigenvalue weighted by Crippen LogP contribution is -2.19. The summed E-state index contributed by atoms with van der Waals surface area (Å²) in [6, 6.07) is 51.6. The minimum atomic E-state index is -0.472. The summed E-state index contributed by atoms with van der Waals surface area (Å²) in [6.07, 6.45) is 4.23. The second-order valence-corrected chi connectivity index (χ2v) is 15.6. The van der Waals surface area contributed by atoms with Crippen molar-refractivity contribution in [3.05, 3.63) is 181 Å². The smallest absolute Gasteiger partial charge is 0.335 e. The van der Waals surface area contributed by atoms with E-state index in [-0.39, 0.29) is 24.0 Å². The summed E-state index contributed by atoms with van der Waals surface area (Å²) in [5, 5.41) is 5.16. The van der Waals surface area contributed by atoms with E-state index in [0.717, 1.165) is 47.4 Å². The summed E-state index contributed by atoms with van der Waals surface area (Å²) in [7, 11) is 4.16. The largest absolute Gasteiger partial charge is 0.488 e. The minimum absolute atomic E-state index is 0.148. The number of hydrogen-bond acceptors (Lipinski definition) is 6. The minimum Gasteiger partial charge on any atom is -0.488 e. The van der Waals surface area contributed by atoms with Crippen LogP contribution in [0.3, 0.4) is 0 Å². The summed E-state index contributed by atoms with van der Waals surface area (Å²) >= 11 is 0. The summed E-state index contributed by atoms with van der Waals surface area (Å²) in [5.41, 5.74) is 9.53. The molecule has 9 rings (SSSR count). The molecule has 1 saturated heterocycles. The third-order valence-electron chi connectivity index (χ3n) is 12.3. The third kappa shape index (κ3) is 7.09. The quantitative estimate of drug-likeness (QED) is 0.0406. The van der Waals surface area contributed by atoms with Crippen LogP contribution in [0.5, 0.6) is 11.5 Å². The Hall–Kier alpha value is -6.37. The van der Waals surface area contributed by atoms with Gasteiger partial charge in [0.25, 0.3) is 0 Å². The van der Waals surface area contributed by atoms with Gasteiger partial charge in [-0.25, -0.2) is 4.79 Å². The molecule has 0 radical (unpaired) electrons. The van der Waals surface area contributed by atoms with Gasteiger partial charge < -0.3 is 24.0 Å². The van der Waals surface area contributed by atoms with Gasteiger partial charge in [-0.05, 0) is 129 Å². The van der Waals surface area contributed by atoms with Crippen LogP contribution in [-0.4, -0.2) is 38.4 Å². The van der Waals surface area contributed by atoms with Crippen molar-refractivity contribution in [2.75, 3.05) is 23.9 Å². The van der Waals surface area contributed by atoms with Crippen LogP contribution < -0.4 is 19.3 Å². The SMILES string of the molecule is C=CC(=O)Oc1ccc(N(C)c2ccc(C(C)c3c4ccccc4c(C(C)c4ccc(N(C)c5ccc(OC6CCC7OC67)cc5)cc4)c4ccccc34)cc2)cc1. The molecule has 0 N–H and O–H groups in total. The number of nitrogens with zero attached hydrogens (tertiary/aromatic N) is 2. The highest BCUT2D eigenvalue weighted by Crippen LogP contribution is 2.44. The predicted molar refractivity (Wildman–Crippen MR) is 237 cm³/mol. The van der Waals surface area contributed by atoms with Gasteiger partial charge in [0.2, 0.25) is 0 Å². The predicted octanol–water partition coefficient (Wildman–Crippen LogP) is 12.2. The van der Waals surface area contributed by atoms with Crippen molar-refractivity contribution in [2.45, 2.75) is 56.8 Å². The van der Waals surface area contributed by atoms with E-state index >= 15 is 0 Å². The molecule has 2 fully saturated rings. The van der Waals surface area contributed by atoms with Gasteiger partial charge in [0.05, 0.1) is 6.10 Å². The lowest BCUT2D eigenvalue weighted by atomic mass is 9.79. The molecule has 1 aliphatic carbocycles. The van der Waals surface area contributed by atoms with Gasteiger partial charge >= 0.3 is 5.97 Å². The van der Waals surface area contributed by atoms with Crippen LogP contribution in [-0.2, 0) is 9.53 Å². The second-order valence-electron chi connectivity index (χ2n) is 15.6. The number of carbonyl (C=O) groups is 1. The van der Waals surface area contributed by atoms with E-state index < -0.39 is 5.97 Å². The van der Waals surface area contributed by atoms with Crippen molar-refractivity contribution in [3.8, 4) is 11.5 Å². The molecule has 0 bridgehead atoms. The van der Waals surface area contributed by atoms with Crippen molar-refractivity contribution < 1.29 is 19.0 Å². The Morgan fingerprint density at radius 1 is 0.603 bits per heavy atom. The van der Waals surface area contributed by atoms with Crippen molar-refractivity contribution >= 4 is 50.3 Å².